The van der Waals surface area contributed by atoms with E-state index < -0.39 is 11.9 Å². The van der Waals surface area contributed by atoms with Gasteiger partial charge in [-0.15, -0.1) is 0 Å². The molecule has 0 aromatic heterocycles. The molecule has 0 amide bonds. The lowest BCUT2D eigenvalue weighted by atomic mass is 10.1. The van der Waals surface area contributed by atoms with Crippen LogP contribution in [0.5, 0.6) is 0 Å². The molecule has 0 aromatic carbocycles. The minimum absolute atomic E-state index is 0.176. The van der Waals surface area contributed by atoms with Crippen molar-refractivity contribution in [1.82, 2.24) is 0 Å². The largest absolute Gasteiger partial charge is 0.481 e. The normalized spacial score (nSPS) is 10.4. The van der Waals surface area contributed by atoms with Crippen molar-refractivity contribution in [3.8, 4) is 0 Å². The predicted molar refractivity (Wildman–Crippen MR) is 110 cm³/mol. The average molecular weight is 369 g/mol. The van der Waals surface area contributed by atoms with Gasteiger partial charge in [0.2, 0.25) is 0 Å². The monoisotopic (exact) mass is 368 g/mol. The van der Waals surface area contributed by atoms with Crippen molar-refractivity contribution in [3.05, 3.63) is 24.3 Å². The quantitative estimate of drug-likeness (QED) is 0.179. The third-order valence-corrected chi connectivity index (χ3v) is 4.02. The number of aliphatic carboxylic acids is 2. The molecule has 0 spiro atoms. The highest BCUT2D eigenvalue weighted by molar-refractivity contribution is 5.84. The Labute approximate surface area is 160 Å². The van der Waals surface area contributed by atoms with Crippen LogP contribution in [0.15, 0.2) is 24.3 Å². The molecular weight excluding hydrogens is 328 g/mol. The smallest absolute Gasteiger partial charge is 0.330 e. The molecule has 0 rings (SSSR count). The van der Waals surface area contributed by atoms with Gasteiger partial charge in [0, 0.05) is 12.0 Å². The van der Waals surface area contributed by atoms with Crippen LogP contribution >= 0.6 is 0 Å². The predicted octanol–water partition coefficient (Wildman–Crippen LogP) is 6.76. The molecule has 0 bridgehead atoms. The number of rotatable bonds is 16. The first-order chi connectivity index (χ1) is 12.4. The first-order valence-electron chi connectivity index (χ1n) is 10.2. The first kappa shape index (κ1) is 26.6. The van der Waals surface area contributed by atoms with Crippen LogP contribution in [0, 0.1) is 0 Å². The molecule has 0 aliphatic carbocycles. The Morgan fingerprint density at radius 1 is 0.769 bits per heavy atom. The second kappa shape index (κ2) is 21.5. The van der Waals surface area contributed by atoms with Crippen LogP contribution in [0.3, 0.4) is 0 Å². The number of carboxylic acids is 2. The Morgan fingerprint density at radius 2 is 1.15 bits per heavy atom. The molecule has 4 nitrogen and oxygen atoms in total. The number of hydrogen-bond acceptors (Lipinski definition) is 2. The highest BCUT2D eigenvalue weighted by Gasteiger charge is 1.95. The standard InChI is InChI=1S/C18H34O2.C4H6O2/c1-2-3-4-5-6-7-8-9-10-11-12-13-14-15-16-17-18(19)20;1-3(2)4(5)6/h9-10H,2-8,11-17H2,1H3,(H,19,20);1H2,2H3,(H,5,6). The lowest BCUT2D eigenvalue weighted by molar-refractivity contribution is -0.137. The maximum Gasteiger partial charge on any atom is 0.330 e. The Balaban J connectivity index is 0. The third-order valence-electron chi connectivity index (χ3n) is 4.02. The fraction of sp³-hybridized carbons (Fsp3) is 0.727. The van der Waals surface area contributed by atoms with Gasteiger partial charge >= 0.3 is 11.9 Å². The molecule has 0 heterocycles. The van der Waals surface area contributed by atoms with E-state index in [9.17, 15) is 9.59 Å². The van der Waals surface area contributed by atoms with Crippen LogP contribution < -0.4 is 0 Å². The van der Waals surface area contributed by atoms with Gasteiger partial charge in [0.05, 0.1) is 0 Å². The molecular formula is C22H40O4. The molecule has 0 fully saturated rings. The molecule has 0 atom stereocenters. The van der Waals surface area contributed by atoms with Crippen molar-refractivity contribution >= 4 is 11.9 Å². The van der Waals surface area contributed by atoms with E-state index in [-0.39, 0.29) is 5.57 Å². The van der Waals surface area contributed by atoms with Gasteiger partial charge in [0.15, 0.2) is 0 Å². The topological polar surface area (TPSA) is 74.6 Å². The summed E-state index contributed by atoms with van der Waals surface area (Å²) >= 11 is 0. The summed E-state index contributed by atoms with van der Waals surface area (Å²) in [6, 6.07) is 0. The van der Waals surface area contributed by atoms with Crippen LogP contribution in [0.4, 0.5) is 0 Å². The van der Waals surface area contributed by atoms with E-state index in [0.717, 1.165) is 12.8 Å². The Bertz CT molecular complexity index is 374. The van der Waals surface area contributed by atoms with E-state index in [0.29, 0.717) is 6.42 Å². The number of unbranched alkanes of at least 4 members (excludes halogenated alkanes) is 11. The SMILES string of the molecule is C=C(C)C(=O)O.CCCCCCCCC=CCCCCCCCC(=O)O. The summed E-state index contributed by atoms with van der Waals surface area (Å²) in [6.07, 6.45) is 21.2. The summed E-state index contributed by atoms with van der Waals surface area (Å²) in [4.78, 5) is 19.9. The second-order valence-corrected chi connectivity index (χ2v) is 6.81. The zero-order chi connectivity index (χ0) is 20.0. The van der Waals surface area contributed by atoms with Crippen LogP contribution in [-0.4, -0.2) is 22.2 Å². The highest BCUT2D eigenvalue weighted by Crippen LogP contribution is 2.09. The molecule has 0 unspecified atom stereocenters. The summed E-state index contributed by atoms with van der Waals surface area (Å²) in [5.41, 5.74) is 0.176. The van der Waals surface area contributed by atoms with Gasteiger partial charge in [-0.25, -0.2) is 4.79 Å². The fourth-order valence-corrected chi connectivity index (χ4v) is 2.35. The van der Waals surface area contributed by atoms with E-state index in [2.05, 4.69) is 25.7 Å². The molecule has 26 heavy (non-hydrogen) atoms. The molecule has 0 aliphatic heterocycles. The van der Waals surface area contributed by atoms with Gasteiger partial charge < -0.3 is 10.2 Å². The zero-order valence-electron chi connectivity index (χ0n) is 17.0. The summed E-state index contributed by atoms with van der Waals surface area (Å²) < 4.78 is 0. The lowest BCUT2D eigenvalue weighted by Gasteiger charge is -1.99. The minimum atomic E-state index is -0.935. The maximum atomic E-state index is 10.3. The van der Waals surface area contributed by atoms with Crippen molar-refractivity contribution in [2.75, 3.05) is 0 Å². The van der Waals surface area contributed by atoms with E-state index in [4.69, 9.17) is 10.2 Å². The fourth-order valence-electron chi connectivity index (χ4n) is 2.35. The molecule has 4 heteroatoms. The lowest BCUT2D eigenvalue weighted by Crippen LogP contribution is -1.93. The van der Waals surface area contributed by atoms with Crippen molar-refractivity contribution in [1.29, 1.82) is 0 Å². The number of carbonyl (C=O) groups is 2. The van der Waals surface area contributed by atoms with E-state index in [1.165, 1.54) is 77.6 Å². The summed E-state index contributed by atoms with van der Waals surface area (Å²) in [5.74, 6) is -1.60. The van der Waals surface area contributed by atoms with Gasteiger partial charge in [-0.3, -0.25) is 4.79 Å². The Morgan fingerprint density at radius 3 is 1.54 bits per heavy atom. The van der Waals surface area contributed by atoms with E-state index >= 15 is 0 Å². The molecule has 0 aliphatic rings. The van der Waals surface area contributed by atoms with Gasteiger partial charge in [0.25, 0.3) is 0 Å². The van der Waals surface area contributed by atoms with E-state index in [1.54, 1.807) is 0 Å². The van der Waals surface area contributed by atoms with Gasteiger partial charge in [-0.1, -0.05) is 77.0 Å². The highest BCUT2D eigenvalue weighted by atomic mass is 16.4. The van der Waals surface area contributed by atoms with Crippen LogP contribution in [0.1, 0.15) is 104 Å². The van der Waals surface area contributed by atoms with Gasteiger partial charge in [-0.05, 0) is 39.0 Å². The van der Waals surface area contributed by atoms with Crippen LogP contribution in [0.25, 0.3) is 0 Å². The van der Waals surface area contributed by atoms with Crippen LogP contribution in [-0.2, 0) is 9.59 Å². The van der Waals surface area contributed by atoms with Gasteiger partial charge in [-0.2, -0.15) is 0 Å². The molecule has 152 valence electrons. The second-order valence-electron chi connectivity index (χ2n) is 6.81. The maximum absolute atomic E-state index is 10.3. The molecule has 0 saturated carbocycles. The summed E-state index contributed by atoms with van der Waals surface area (Å²) in [6.45, 7) is 6.86. The Hall–Kier alpha value is -1.58. The zero-order valence-corrected chi connectivity index (χ0v) is 17.0. The summed E-state index contributed by atoms with van der Waals surface area (Å²) in [5, 5.41) is 16.4. The van der Waals surface area contributed by atoms with Crippen LogP contribution in [0.2, 0.25) is 0 Å². The van der Waals surface area contributed by atoms with E-state index in [1.807, 2.05) is 0 Å². The number of hydrogen-bond donors (Lipinski definition) is 2. The molecule has 0 saturated heterocycles. The third kappa shape index (κ3) is 27.3. The number of carboxylic acid groups (broad SMARTS) is 2. The van der Waals surface area contributed by atoms with Crippen molar-refractivity contribution in [3.63, 3.8) is 0 Å². The van der Waals surface area contributed by atoms with Gasteiger partial charge in [0.1, 0.15) is 0 Å². The molecule has 2 N–H and O–H groups in total. The minimum Gasteiger partial charge on any atom is -0.481 e. The Kier molecular flexibility index (Phi) is 22.0. The summed E-state index contributed by atoms with van der Waals surface area (Å²) in [7, 11) is 0. The average Bonchev–Trinajstić information content (AvgIpc) is 2.58. The van der Waals surface area contributed by atoms with Crippen molar-refractivity contribution in [2.45, 2.75) is 104 Å². The first-order valence-corrected chi connectivity index (χ1v) is 10.2. The number of allylic oxidation sites excluding steroid dienone is 2. The van der Waals surface area contributed by atoms with Crippen molar-refractivity contribution < 1.29 is 19.8 Å². The molecule has 0 radical (unpaired) electrons. The van der Waals surface area contributed by atoms with Crippen molar-refractivity contribution in [2.24, 2.45) is 0 Å². The molecule has 0 aromatic rings.